The van der Waals surface area contributed by atoms with Crippen LogP contribution in [0.5, 0.6) is 0 Å². The Kier molecular flexibility index (Phi) is 4.05. The number of imidazole rings is 1. The van der Waals surface area contributed by atoms with Gasteiger partial charge in [-0.25, -0.2) is 4.98 Å². The molecule has 0 unspecified atom stereocenters. The molecule has 22 heavy (non-hydrogen) atoms. The van der Waals surface area contributed by atoms with E-state index in [2.05, 4.69) is 10.3 Å². The summed E-state index contributed by atoms with van der Waals surface area (Å²) < 4.78 is 7.51. The fraction of sp³-hybridized carbons (Fsp3) is 0.176. The number of aromatic nitrogens is 2. The van der Waals surface area contributed by atoms with E-state index in [1.165, 1.54) is 0 Å². The van der Waals surface area contributed by atoms with Gasteiger partial charge in [-0.15, -0.1) is 0 Å². The van der Waals surface area contributed by atoms with Crippen LogP contribution in [0.3, 0.4) is 0 Å². The van der Waals surface area contributed by atoms with Crippen molar-refractivity contribution in [2.75, 3.05) is 6.54 Å². The number of hydrogen-bond acceptors (Lipinski definition) is 3. The summed E-state index contributed by atoms with van der Waals surface area (Å²) >= 11 is 0. The summed E-state index contributed by atoms with van der Waals surface area (Å²) in [6, 6.07) is 11.2. The third kappa shape index (κ3) is 3.25. The molecule has 5 heteroatoms. The van der Waals surface area contributed by atoms with Crippen molar-refractivity contribution in [3.63, 3.8) is 0 Å². The molecule has 0 aliphatic carbocycles. The largest absolute Gasteiger partial charge is 0.461 e. The quantitative estimate of drug-likeness (QED) is 0.787. The first-order valence-electron chi connectivity index (χ1n) is 7.13. The number of amides is 1. The molecule has 2 heterocycles. The molecular weight excluding hydrogens is 278 g/mol. The molecule has 0 aliphatic rings. The van der Waals surface area contributed by atoms with E-state index in [1.54, 1.807) is 18.6 Å². The first kappa shape index (κ1) is 14.1. The molecule has 3 aromatic rings. The lowest BCUT2D eigenvalue weighted by atomic mass is 10.1. The van der Waals surface area contributed by atoms with Crippen molar-refractivity contribution < 1.29 is 9.21 Å². The van der Waals surface area contributed by atoms with Crippen LogP contribution < -0.4 is 5.32 Å². The van der Waals surface area contributed by atoms with Gasteiger partial charge in [0.15, 0.2) is 0 Å². The van der Waals surface area contributed by atoms with Crippen LogP contribution in [0.25, 0.3) is 11.3 Å². The average molecular weight is 295 g/mol. The zero-order valence-corrected chi connectivity index (χ0v) is 12.3. The van der Waals surface area contributed by atoms with Crippen LogP contribution in [-0.2, 0) is 6.54 Å². The summed E-state index contributed by atoms with van der Waals surface area (Å²) in [5.41, 5.74) is 1.52. The van der Waals surface area contributed by atoms with E-state index in [0.29, 0.717) is 18.7 Å². The monoisotopic (exact) mass is 295 g/mol. The molecule has 3 rings (SSSR count). The number of rotatable bonds is 5. The summed E-state index contributed by atoms with van der Waals surface area (Å²) in [5, 5.41) is 2.90. The van der Waals surface area contributed by atoms with Crippen molar-refractivity contribution in [3.05, 3.63) is 66.4 Å². The zero-order chi connectivity index (χ0) is 15.4. The minimum Gasteiger partial charge on any atom is -0.461 e. The van der Waals surface area contributed by atoms with Crippen molar-refractivity contribution in [2.45, 2.75) is 13.5 Å². The number of nitrogens with zero attached hydrogens (tertiary/aromatic N) is 2. The second-order valence-corrected chi connectivity index (χ2v) is 5.05. The van der Waals surface area contributed by atoms with Crippen LogP contribution >= 0.6 is 0 Å². The average Bonchev–Trinajstić information content (AvgIpc) is 3.19. The topological polar surface area (TPSA) is 60.1 Å². The standard InChI is InChI=1S/C17H17N3O2/c1-13-5-6-16(22-13)14-3-2-4-15(11-14)17(21)19-8-10-20-9-7-18-12-20/h2-7,9,11-12H,8,10H2,1H3,(H,19,21). The van der Waals surface area contributed by atoms with E-state index in [-0.39, 0.29) is 5.91 Å². The highest BCUT2D eigenvalue weighted by molar-refractivity contribution is 5.95. The molecule has 0 atom stereocenters. The molecule has 0 saturated carbocycles. The third-order valence-electron chi connectivity index (χ3n) is 3.36. The van der Waals surface area contributed by atoms with Crippen molar-refractivity contribution >= 4 is 5.91 Å². The maximum Gasteiger partial charge on any atom is 0.251 e. The van der Waals surface area contributed by atoms with Gasteiger partial charge in [0.2, 0.25) is 0 Å². The Bertz CT molecular complexity index is 760. The Labute approximate surface area is 128 Å². The first-order chi connectivity index (χ1) is 10.7. The molecule has 112 valence electrons. The molecule has 0 fully saturated rings. The number of nitrogens with one attached hydrogen (secondary N) is 1. The van der Waals surface area contributed by atoms with Gasteiger partial charge in [-0.1, -0.05) is 12.1 Å². The third-order valence-corrected chi connectivity index (χ3v) is 3.36. The molecule has 0 saturated heterocycles. The Hall–Kier alpha value is -2.82. The normalized spacial score (nSPS) is 10.6. The zero-order valence-electron chi connectivity index (χ0n) is 12.3. The van der Waals surface area contributed by atoms with Crippen molar-refractivity contribution in [1.29, 1.82) is 0 Å². The minimum absolute atomic E-state index is 0.0924. The number of hydrogen-bond donors (Lipinski definition) is 1. The van der Waals surface area contributed by atoms with Gasteiger partial charge < -0.3 is 14.3 Å². The summed E-state index contributed by atoms with van der Waals surface area (Å²) in [7, 11) is 0. The van der Waals surface area contributed by atoms with Crippen LogP contribution in [0.15, 0.2) is 59.5 Å². The van der Waals surface area contributed by atoms with E-state index >= 15 is 0 Å². The molecule has 1 aromatic carbocycles. The fourth-order valence-electron chi connectivity index (χ4n) is 2.22. The molecule has 5 nitrogen and oxygen atoms in total. The lowest BCUT2D eigenvalue weighted by Crippen LogP contribution is -2.26. The second-order valence-electron chi connectivity index (χ2n) is 5.05. The first-order valence-corrected chi connectivity index (χ1v) is 7.13. The van der Waals surface area contributed by atoms with Crippen LogP contribution in [0.1, 0.15) is 16.1 Å². The molecule has 0 spiro atoms. The van der Waals surface area contributed by atoms with E-state index < -0.39 is 0 Å². The van der Waals surface area contributed by atoms with Gasteiger partial charge in [-0.3, -0.25) is 4.79 Å². The summed E-state index contributed by atoms with van der Waals surface area (Å²) in [5.74, 6) is 1.53. The highest BCUT2D eigenvalue weighted by Crippen LogP contribution is 2.22. The molecule has 0 bridgehead atoms. The second kappa shape index (κ2) is 6.30. The van der Waals surface area contributed by atoms with Gasteiger partial charge in [0.25, 0.3) is 5.91 Å². The number of aryl methyl sites for hydroxylation is 1. The van der Waals surface area contributed by atoms with Gasteiger partial charge in [-0.05, 0) is 31.2 Å². The van der Waals surface area contributed by atoms with E-state index in [9.17, 15) is 4.79 Å². The van der Waals surface area contributed by atoms with Crippen molar-refractivity contribution in [1.82, 2.24) is 14.9 Å². The SMILES string of the molecule is Cc1ccc(-c2cccc(C(=O)NCCn3ccnc3)c2)o1. The van der Waals surface area contributed by atoms with Crippen molar-refractivity contribution in [2.24, 2.45) is 0 Å². The lowest BCUT2D eigenvalue weighted by molar-refractivity contribution is 0.0952. The summed E-state index contributed by atoms with van der Waals surface area (Å²) in [6.07, 6.45) is 5.31. The highest BCUT2D eigenvalue weighted by atomic mass is 16.3. The Morgan fingerprint density at radius 3 is 2.95 bits per heavy atom. The van der Waals surface area contributed by atoms with E-state index in [0.717, 1.165) is 17.1 Å². The van der Waals surface area contributed by atoms with Gasteiger partial charge in [0.05, 0.1) is 6.33 Å². The number of carbonyl (C=O) groups is 1. The van der Waals surface area contributed by atoms with Crippen molar-refractivity contribution in [3.8, 4) is 11.3 Å². The fourth-order valence-corrected chi connectivity index (χ4v) is 2.22. The predicted molar refractivity (Wildman–Crippen MR) is 83.4 cm³/mol. The highest BCUT2D eigenvalue weighted by Gasteiger charge is 2.08. The van der Waals surface area contributed by atoms with Crippen LogP contribution in [0.2, 0.25) is 0 Å². The van der Waals surface area contributed by atoms with Crippen LogP contribution in [0.4, 0.5) is 0 Å². The smallest absolute Gasteiger partial charge is 0.251 e. The van der Waals surface area contributed by atoms with Crippen LogP contribution in [0, 0.1) is 6.92 Å². The molecule has 0 aliphatic heterocycles. The molecule has 1 N–H and O–H groups in total. The van der Waals surface area contributed by atoms with Gasteiger partial charge in [0, 0.05) is 36.6 Å². The van der Waals surface area contributed by atoms with Gasteiger partial charge >= 0.3 is 0 Å². The Balaban J connectivity index is 1.65. The van der Waals surface area contributed by atoms with Crippen LogP contribution in [-0.4, -0.2) is 22.0 Å². The maximum atomic E-state index is 12.2. The van der Waals surface area contributed by atoms with E-state index in [1.807, 2.05) is 48.0 Å². The minimum atomic E-state index is -0.0924. The number of benzene rings is 1. The van der Waals surface area contributed by atoms with Gasteiger partial charge in [0.1, 0.15) is 11.5 Å². The molecule has 0 radical (unpaired) electrons. The predicted octanol–water partition coefficient (Wildman–Crippen LogP) is 2.88. The van der Waals surface area contributed by atoms with Gasteiger partial charge in [-0.2, -0.15) is 0 Å². The molecular formula is C17H17N3O2. The molecule has 1 amide bonds. The number of carbonyl (C=O) groups excluding carboxylic acids is 1. The summed E-state index contributed by atoms with van der Waals surface area (Å²) in [4.78, 5) is 16.2. The van der Waals surface area contributed by atoms with E-state index in [4.69, 9.17) is 4.42 Å². The number of furan rings is 1. The Morgan fingerprint density at radius 1 is 1.32 bits per heavy atom. The molecule has 2 aromatic heterocycles. The Morgan fingerprint density at radius 2 is 2.23 bits per heavy atom. The lowest BCUT2D eigenvalue weighted by Gasteiger charge is -2.07. The maximum absolute atomic E-state index is 12.2. The summed E-state index contributed by atoms with van der Waals surface area (Å²) in [6.45, 7) is 3.15.